The SMILES string of the molecule is COP(=S)(OC)S[C@@H]1C[C@@H](OC(C)=O)[C@H](OC(C)=O)[C@@H](COC(C)=O)O1. The van der Waals surface area contributed by atoms with Crippen molar-refractivity contribution in [2.45, 2.75) is 50.9 Å². The van der Waals surface area contributed by atoms with Gasteiger partial charge in [0.15, 0.2) is 6.10 Å². The highest BCUT2D eigenvalue weighted by Crippen LogP contribution is 2.62. The molecule has 0 aliphatic carbocycles. The standard InChI is InChI=1S/C14H23O9PS2/c1-8(15)20-7-12-14(22-10(3)17)11(21-9(2)16)6-13(23-12)26-24(25,18-4)19-5/h11-14H,6-7H2,1-5H3/t11-,12-,13-,14+/m1/s1. The fraction of sp³-hybridized carbons (Fsp3) is 0.786. The maximum absolute atomic E-state index is 11.5. The average Bonchev–Trinajstić information content (AvgIpc) is 2.54. The quantitative estimate of drug-likeness (QED) is 0.319. The molecule has 1 aliphatic rings. The lowest BCUT2D eigenvalue weighted by molar-refractivity contribution is -0.204. The Bertz CT molecular complexity index is 563. The Labute approximate surface area is 161 Å². The molecule has 0 saturated carbocycles. The second kappa shape index (κ2) is 10.6. The van der Waals surface area contributed by atoms with Crippen LogP contribution in [0.25, 0.3) is 0 Å². The van der Waals surface area contributed by atoms with Gasteiger partial charge in [0.1, 0.15) is 24.3 Å². The zero-order valence-electron chi connectivity index (χ0n) is 15.2. The Balaban J connectivity index is 3.04. The molecule has 0 bridgehead atoms. The van der Waals surface area contributed by atoms with Crippen LogP contribution < -0.4 is 0 Å². The van der Waals surface area contributed by atoms with Crippen LogP contribution in [0.1, 0.15) is 27.2 Å². The summed E-state index contributed by atoms with van der Waals surface area (Å²) in [6.07, 6.45) is -2.35. The van der Waals surface area contributed by atoms with Gasteiger partial charge >= 0.3 is 17.9 Å². The molecule has 0 aromatic heterocycles. The second-order valence-corrected chi connectivity index (χ2v) is 11.9. The van der Waals surface area contributed by atoms with Crippen LogP contribution in [0, 0.1) is 0 Å². The normalized spacial score (nSPS) is 26.0. The van der Waals surface area contributed by atoms with Crippen molar-refractivity contribution in [1.82, 2.24) is 0 Å². The van der Waals surface area contributed by atoms with Gasteiger partial charge in [-0.05, 0) is 23.2 Å². The first-order chi connectivity index (χ1) is 12.1. The monoisotopic (exact) mass is 430 g/mol. The molecule has 9 nitrogen and oxygen atoms in total. The van der Waals surface area contributed by atoms with Crippen LogP contribution in [-0.2, 0) is 54.2 Å². The molecule has 1 aliphatic heterocycles. The zero-order valence-corrected chi connectivity index (χ0v) is 17.7. The Morgan fingerprint density at radius 3 is 2.12 bits per heavy atom. The van der Waals surface area contributed by atoms with Gasteiger partial charge in [0, 0.05) is 41.4 Å². The molecule has 0 unspecified atom stereocenters. The van der Waals surface area contributed by atoms with Crippen LogP contribution in [0.5, 0.6) is 0 Å². The molecule has 0 amide bonds. The number of hydrogen-bond acceptors (Lipinski definition) is 11. The number of esters is 3. The predicted molar refractivity (Wildman–Crippen MR) is 96.9 cm³/mol. The van der Waals surface area contributed by atoms with Gasteiger partial charge in [-0.15, -0.1) is 0 Å². The summed E-state index contributed by atoms with van der Waals surface area (Å²) in [5.74, 6) is -1.64. The van der Waals surface area contributed by atoms with Crippen molar-refractivity contribution >= 4 is 46.8 Å². The Kier molecular flexibility index (Phi) is 9.49. The molecule has 1 rings (SSSR count). The third-order valence-electron chi connectivity index (χ3n) is 3.25. The van der Waals surface area contributed by atoms with Crippen molar-refractivity contribution in [3.63, 3.8) is 0 Å². The average molecular weight is 430 g/mol. The van der Waals surface area contributed by atoms with Gasteiger partial charge < -0.3 is 28.0 Å². The second-order valence-electron chi connectivity index (χ2n) is 5.28. The van der Waals surface area contributed by atoms with E-state index in [0.717, 1.165) is 11.4 Å². The van der Waals surface area contributed by atoms with Crippen molar-refractivity contribution in [3.8, 4) is 0 Å². The smallest absolute Gasteiger partial charge is 0.303 e. The van der Waals surface area contributed by atoms with Crippen LogP contribution in [0.3, 0.4) is 0 Å². The third kappa shape index (κ3) is 7.50. The van der Waals surface area contributed by atoms with Crippen LogP contribution in [0.2, 0.25) is 0 Å². The largest absolute Gasteiger partial charge is 0.463 e. The van der Waals surface area contributed by atoms with E-state index >= 15 is 0 Å². The molecule has 0 aromatic rings. The first kappa shape index (κ1) is 23.3. The zero-order chi connectivity index (χ0) is 19.9. The van der Waals surface area contributed by atoms with Crippen molar-refractivity contribution < 1.29 is 42.4 Å². The van der Waals surface area contributed by atoms with Crippen molar-refractivity contribution in [3.05, 3.63) is 0 Å². The first-order valence-electron chi connectivity index (χ1n) is 7.63. The summed E-state index contributed by atoms with van der Waals surface area (Å²) in [5.41, 5.74) is -3.22. The molecule has 12 heteroatoms. The molecule has 1 saturated heterocycles. The van der Waals surface area contributed by atoms with Crippen LogP contribution in [0.15, 0.2) is 0 Å². The van der Waals surface area contributed by atoms with E-state index in [4.69, 9.17) is 39.8 Å². The lowest BCUT2D eigenvalue weighted by Gasteiger charge is -2.40. The van der Waals surface area contributed by atoms with Crippen LogP contribution >= 0.6 is 17.1 Å². The van der Waals surface area contributed by atoms with Gasteiger partial charge in [0.25, 0.3) is 0 Å². The van der Waals surface area contributed by atoms with Crippen molar-refractivity contribution in [2.75, 3.05) is 20.8 Å². The van der Waals surface area contributed by atoms with Gasteiger partial charge in [0.05, 0.1) is 0 Å². The molecule has 0 N–H and O–H groups in total. The highest BCUT2D eigenvalue weighted by molar-refractivity contribution is 8.68. The fourth-order valence-electron chi connectivity index (χ4n) is 2.27. The van der Waals surface area contributed by atoms with E-state index in [1.54, 1.807) is 0 Å². The fourth-order valence-corrected chi connectivity index (χ4v) is 6.00. The van der Waals surface area contributed by atoms with Crippen molar-refractivity contribution in [2.24, 2.45) is 0 Å². The maximum atomic E-state index is 11.5. The molecular weight excluding hydrogens is 407 g/mol. The molecule has 26 heavy (non-hydrogen) atoms. The highest BCUT2D eigenvalue weighted by atomic mass is 32.9. The predicted octanol–water partition coefficient (Wildman–Crippen LogP) is 1.78. The Morgan fingerprint density at radius 1 is 1.08 bits per heavy atom. The lowest BCUT2D eigenvalue weighted by Crippen LogP contribution is -2.53. The van der Waals surface area contributed by atoms with E-state index in [1.165, 1.54) is 35.0 Å². The maximum Gasteiger partial charge on any atom is 0.303 e. The summed E-state index contributed by atoms with van der Waals surface area (Å²) in [6, 6.07) is 0. The van der Waals surface area contributed by atoms with Gasteiger partial charge in [-0.25, -0.2) is 0 Å². The van der Waals surface area contributed by atoms with Crippen molar-refractivity contribution in [1.29, 1.82) is 0 Å². The molecular formula is C14H23O9PS2. The minimum atomic E-state index is -2.65. The topological polar surface area (TPSA) is 107 Å². The number of hydrogen-bond donors (Lipinski definition) is 0. The molecule has 0 radical (unpaired) electrons. The highest BCUT2D eigenvalue weighted by Gasteiger charge is 2.45. The number of ether oxygens (including phenoxy) is 4. The third-order valence-corrected chi connectivity index (χ3v) is 8.98. The summed E-state index contributed by atoms with van der Waals surface area (Å²) < 4.78 is 31.9. The van der Waals surface area contributed by atoms with Crippen LogP contribution in [-0.4, -0.2) is 62.5 Å². The molecule has 4 atom stereocenters. The summed E-state index contributed by atoms with van der Waals surface area (Å²) in [6.45, 7) is 3.54. The summed E-state index contributed by atoms with van der Waals surface area (Å²) in [5, 5.41) is 0. The Morgan fingerprint density at radius 2 is 1.65 bits per heavy atom. The van der Waals surface area contributed by atoms with E-state index in [-0.39, 0.29) is 13.0 Å². The van der Waals surface area contributed by atoms with E-state index in [1.807, 2.05) is 0 Å². The molecule has 0 spiro atoms. The number of carbonyl (C=O) groups is 3. The first-order valence-corrected chi connectivity index (χ1v) is 11.8. The number of rotatable bonds is 8. The minimum absolute atomic E-state index is 0.176. The molecule has 0 aromatic carbocycles. The van der Waals surface area contributed by atoms with Gasteiger partial charge in [-0.1, -0.05) is 0 Å². The van der Waals surface area contributed by atoms with E-state index in [9.17, 15) is 14.4 Å². The van der Waals surface area contributed by atoms with E-state index in [2.05, 4.69) is 0 Å². The molecule has 1 heterocycles. The lowest BCUT2D eigenvalue weighted by atomic mass is 10.0. The summed E-state index contributed by atoms with van der Waals surface area (Å²) in [4.78, 5) is 34.1. The Hall–Kier alpha value is -0.710. The summed E-state index contributed by atoms with van der Waals surface area (Å²) in [7, 11) is 2.86. The number of carbonyl (C=O) groups excluding carboxylic acids is 3. The van der Waals surface area contributed by atoms with Crippen LogP contribution in [0.4, 0.5) is 0 Å². The van der Waals surface area contributed by atoms with E-state index in [0.29, 0.717) is 0 Å². The van der Waals surface area contributed by atoms with Gasteiger partial charge in [-0.3, -0.25) is 14.4 Å². The van der Waals surface area contributed by atoms with E-state index < -0.39 is 47.3 Å². The minimum Gasteiger partial charge on any atom is -0.463 e. The van der Waals surface area contributed by atoms with Gasteiger partial charge in [0.2, 0.25) is 5.69 Å². The molecule has 150 valence electrons. The summed E-state index contributed by atoms with van der Waals surface area (Å²) >= 11 is 6.47. The molecule has 1 fully saturated rings. The van der Waals surface area contributed by atoms with Gasteiger partial charge in [-0.2, -0.15) is 0 Å².